The van der Waals surface area contributed by atoms with Gasteiger partial charge < -0.3 is 4.74 Å². The van der Waals surface area contributed by atoms with Gasteiger partial charge >= 0.3 is 0 Å². The normalized spacial score (nSPS) is 15.5. The zero-order valence-electron chi connectivity index (χ0n) is 8.37. The van der Waals surface area contributed by atoms with Gasteiger partial charge in [-0.25, -0.2) is 4.39 Å². The van der Waals surface area contributed by atoms with Crippen LogP contribution in [0, 0.1) is 23.1 Å². The van der Waals surface area contributed by atoms with Gasteiger partial charge in [0, 0.05) is 6.07 Å². The van der Waals surface area contributed by atoms with Crippen molar-refractivity contribution in [3.63, 3.8) is 0 Å². The molecule has 0 atom stereocenters. The van der Waals surface area contributed by atoms with E-state index in [-0.39, 0.29) is 5.56 Å². The van der Waals surface area contributed by atoms with Crippen molar-refractivity contribution in [1.82, 2.24) is 0 Å². The first kappa shape index (κ1) is 9.97. The molecule has 0 heterocycles. The van der Waals surface area contributed by atoms with E-state index in [0.717, 1.165) is 0 Å². The van der Waals surface area contributed by atoms with Gasteiger partial charge in [0.1, 0.15) is 17.6 Å². The van der Waals surface area contributed by atoms with E-state index in [1.165, 1.54) is 31.4 Å². The van der Waals surface area contributed by atoms with Crippen LogP contribution in [-0.2, 0) is 0 Å². The van der Waals surface area contributed by atoms with Crippen LogP contribution in [0.25, 0.3) is 0 Å². The topological polar surface area (TPSA) is 33.0 Å². The minimum absolute atomic E-state index is 0.0611. The Hall–Kier alpha value is -1.56. The molecule has 0 bridgehead atoms. The van der Waals surface area contributed by atoms with Gasteiger partial charge in [0.25, 0.3) is 0 Å². The maximum absolute atomic E-state index is 13.2. The molecule has 15 heavy (non-hydrogen) atoms. The van der Waals surface area contributed by atoms with Crippen LogP contribution in [0.4, 0.5) is 4.39 Å². The molecule has 1 aromatic rings. The summed E-state index contributed by atoms with van der Waals surface area (Å²) < 4.78 is 18.6. The average Bonchev–Trinajstić information content (AvgIpc) is 2.16. The van der Waals surface area contributed by atoms with E-state index in [1.807, 2.05) is 0 Å². The van der Waals surface area contributed by atoms with Crippen molar-refractivity contribution in [3.05, 3.63) is 29.6 Å². The summed E-state index contributed by atoms with van der Waals surface area (Å²) >= 11 is 0. The monoisotopic (exact) mass is 205 g/mol. The highest BCUT2D eigenvalue weighted by Crippen LogP contribution is 2.27. The molecule has 0 spiro atoms. The van der Waals surface area contributed by atoms with Gasteiger partial charge in [0.2, 0.25) is 0 Å². The molecule has 2 rings (SSSR count). The fourth-order valence-electron chi connectivity index (χ4n) is 1.55. The predicted molar refractivity (Wildman–Crippen MR) is 54.0 cm³/mol. The molecular weight excluding hydrogens is 193 g/mol. The lowest BCUT2D eigenvalue weighted by Crippen LogP contribution is -2.19. The van der Waals surface area contributed by atoms with E-state index < -0.39 is 5.82 Å². The average molecular weight is 205 g/mol. The van der Waals surface area contributed by atoms with Gasteiger partial charge in [-0.05, 0) is 30.9 Å². The van der Waals surface area contributed by atoms with E-state index in [0.29, 0.717) is 18.3 Å². The zero-order chi connectivity index (χ0) is 10.7. The minimum atomic E-state index is -0.511. The third-order valence-electron chi connectivity index (χ3n) is 2.77. The summed E-state index contributed by atoms with van der Waals surface area (Å²) in [6, 6.07) is 6.14. The van der Waals surface area contributed by atoms with Crippen LogP contribution in [0.2, 0.25) is 0 Å². The molecule has 1 fully saturated rings. The summed E-state index contributed by atoms with van der Waals surface area (Å²) in [5.41, 5.74) is 0.0611. The second-order valence-electron chi connectivity index (χ2n) is 3.86. The van der Waals surface area contributed by atoms with E-state index >= 15 is 0 Å². The van der Waals surface area contributed by atoms with Crippen molar-refractivity contribution in [2.45, 2.75) is 19.3 Å². The Kier molecular flexibility index (Phi) is 2.86. The molecule has 0 radical (unpaired) electrons. The van der Waals surface area contributed by atoms with Gasteiger partial charge in [0.05, 0.1) is 12.2 Å². The first-order valence-corrected chi connectivity index (χ1v) is 5.12. The Balaban J connectivity index is 1.97. The van der Waals surface area contributed by atoms with Crippen LogP contribution < -0.4 is 4.74 Å². The summed E-state index contributed by atoms with van der Waals surface area (Å²) in [5, 5.41) is 8.54. The second kappa shape index (κ2) is 4.31. The predicted octanol–water partition coefficient (Wildman–Crippen LogP) is 2.88. The SMILES string of the molecule is N#Cc1ccc(OCC2CCC2)cc1F. The van der Waals surface area contributed by atoms with E-state index in [1.54, 1.807) is 12.1 Å². The third kappa shape index (κ3) is 2.27. The molecule has 2 nitrogen and oxygen atoms in total. The van der Waals surface area contributed by atoms with Crippen LogP contribution in [0.5, 0.6) is 5.75 Å². The molecule has 1 aromatic carbocycles. The lowest BCUT2D eigenvalue weighted by Gasteiger charge is -2.25. The summed E-state index contributed by atoms with van der Waals surface area (Å²) in [7, 11) is 0. The van der Waals surface area contributed by atoms with Gasteiger partial charge in [-0.3, -0.25) is 0 Å². The maximum atomic E-state index is 13.2. The quantitative estimate of drug-likeness (QED) is 0.760. The van der Waals surface area contributed by atoms with Crippen LogP contribution in [0.3, 0.4) is 0 Å². The number of hydrogen-bond donors (Lipinski definition) is 0. The summed E-state index contributed by atoms with van der Waals surface area (Å²) in [6.07, 6.45) is 3.69. The number of rotatable bonds is 3. The molecule has 1 aliphatic carbocycles. The molecule has 0 unspecified atom stereocenters. The number of nitrogens with zero attached hydrogens (tertiary/aromatic N) is 1. The van der Waals surface area contributed by atoms with E-state index in [4.69, 9.17) is 10.00 Å². The lowest BCUT2D eigenvalue weighted by atomic mass is 9.86. The Morgan fingerprint density at radius 1 is 1.47 bits per heavy atom. The van der Waals surface area contributed by atoms with Crippen molar-refractivity contribution in [2.24, 2.45) is 5.92 Å². The van der Waals surface area contributed by atoms with Crippen molar-refractivity contribution in [2.75, 3.05) is 6.61 Å². The molecule has 0 aliphatic heterocycles. The van der Waals surface area contributed by atoms with Crippen LogP contribution in [0.15, 0.2) is 18.2 Å². The highest BCUT2D eigenvalue weighted by Gasteiger charge is 2.18. The smallest absolute Gasteiger partial charge is 0.144 e. The number of hydrogen-bond acceptors (Lipinski definition) is 2. The largest absolute Gasteiger partial charge is 0.493 e. The second-order valence-corrected chi connectivity index (χ2v) is 3.86. The summed E-state index contributed by atoms with van der Waals surface area (Å²) in [6.45, 7) is 0.658. The molecule has 1 saturated carbocycles. The van der Waals surface area contributed by atoms with Crippen LogP contribution in [0.1, 0.15) is 24.8 Å². The number of ether oxygens (including phenoxy) is 1. The van der Waals surface area contributed by atoms with Crippen LogP contribution >= 0.6 is 0 Å². The molecule has 0 amide bonds. The number of nitriles is 1. The van der Waals surface area contributed by atoms with E-state index in [2.05, 4.69) is 0 Å². The first-order valence-electron chi connectivity index (χ1n) is 5.12. The number of halogens is 1. The van der Waals surface area contributed by atoms with Crippen molar-refractivity contribution < 1.29 is 9.13 Å². The highest BCUT2D eigenvalue weighted by atomic mass is 19.1. The molecule has 3 heteroatoms. The molecule has 0 aromatic heterocycles. The summed E-state index contributed by atoms with van der Waals surface area (Å²) in [4.78, 5) is 0. The molecular formula is C12H12FNO. The Morgan fingerprint density at radius 3 is 2.80 bits per heavy atom. The first-order chi connectivity index (χ1) is 7.29. The Morgan fingerprint density at radius 2 is 2.27 bits per heavy atom. The molecule has 78 valence electrons. The van der Waals surface area contributed by atoms with Gasteiger partial charge in [-0.2, -0.15) is 5.26 Å². The summed E-state index contributed by atoms with van der Waals surface area (Å²) in [5.74, 6) is 0.630. The van der Waals surface area contributed by atoms with Crippen molar-refractivity contribution >= 4 is 0 Å². The molecule has 1 aliphatic rings. The van der Waals surface area contributed by atoms with Crippen molar-refractivity contribution in [1.29, 1.82) is 5.26 Å². The molecule has 0 N–H and O–H groups in total. The minimum Gasteiger partial charge on any atom is -0.493 e. The van der Waals surface area contributed by atoms with Gasteiger partial charge in [0.15, 0.2) is 0 Å². The fraction of sp³-hybridized carbons (Fsp3) is 0.417. The lowest BCUT2D eigenvalue weighted by molar-refractivity contribution is 0.180. The zero-order valence-corrected chi connectivity index (χ0v) is 8.37. The molecule has 0 saturated heterocycles. The van der Waals surface area contributed by atoms with Crippen LogP contribution in [-0.4, -0.2) is 6.61 Å². The van der Waals surface area contributed by atoms with Gasteiger partial charge in [-0.15, -0.1) is 0 Å². The third-order valence-corrected chi connectivity index (χ3v) is 2.77. The Labute approximate surface area is 88.3 Å². The van der Waals surface area contributed by atoms with E-state index in [9.17, 15) is 4.39 Å². The number of benzene rings is 1. The Bertz CT molecular complexity index is 393. The standard InChI is InChI=1S/C12H12FNO/c13-12-6-11(5-4-10(12)7-14)15-8-9-2-1-3-9/h4-6,9H,1-3,8H2. The van der Waals surface area contributed by atoms with Gasteiger partial charge in [-0.1, -0.05) is 6.42 Å². The van der Waals surface area contributed by atoms with Crippen molar-refractivity contribution in [3.8, 4) is 11.8 Å². The fourth-order valence-corrected chi connectivity index (χ4v) is 1.55. The maximum Gasteiger partial charge on any atom is 0.144 e. The highest BCUT2D eigenvalue weighted by molar-refractivity contribution is 5.36.